The normalized spacial score (nSPS) is 16.2. The molecule has 27 heavy (non-hydrogen) atoms. The van der Waals surface area contributed by atoms with Gasteiger partial charge in [-0.3, -0.25) is 4.99 Å². The first kappa shape index (κ1) is 21.0. The molecule has 6 nitrogen and oxygen atoms in total. The first-order chi connectivity index (χ1) is 12.8. The predicted octanol–water partition coefficient (Wildman–Crippen LogP) is 3.14. The summed E-state index contributed by atoms with van der Waals surface area (Å²) in [6.07, 6.45) is 1.59. The van der Waals surface area contributed by atoms with Gasteiger partial charge in [0.2, 0.25) is 0 Å². The fourth-order valence-electron chi connectivity index (χ4n) is 2.93. The molecule has 1 heterocycles. The molecule has 1 aliphatic heterocycles. The number of hydrogen-bond donors (Lipinski definition) is 2. The van der Waals surface area contributed by atoms with E-state index in [4.69, 9.17) is 4.74 Å². The number of halogens is 1. The lowest BCUT2D eigenvalue weighted by molar-refractivity contribution is 0.0185. The topological polar surface area (TPSA) is 66.0 Å². The molecule has 1 aromatic rings. The lowest BCUT2D eigenvalue weighted by Crippen LogP contribution is -2.45. The Labute approximate surface area is 161 Å². The highest BCUT2D eigenvalue weighted by Gasteiger charge is 2.26. The third-order valence-electron chi connectivity index (χ3n) is 4.45. The molecule has 0 bridgehead atoms. The van der Waals surface area contributed by atoms with E-state index in [0.29, 0.717) is 37.1 Å². The summed E-state index contributed by atoms with van der Waals surface area (Å²) >= 11 is 0. The Bertz CT molecular complexity index is 650. The highest BCUT2D eigenvalue weighted by molar-refractivity contribution is 5.79. The van der Waals surface area contributed by atoms with Crippen LogP contribution in [0.1, 0.15) is 39.2 Å². The van der Waals surface area contributed by atoms with Crippen molar-refractivity contribution in [3.8, 4) is 0 Å². The number of piperidine rings is 1. The number of aliphatic imine (C=N–C) groups is 1. The molecule has 0 saturated carbocycles. The smallest absolute Gasteiger partial charge is 0.410 e. The van der Waals surface area contributed by atoms with Crippen molar-refractivity contribution in [2.75, 3.05) is 26.7 Å². The van der Waals surface area contributed by atoms with Crippen molar-refractivity contribution in [1.29, 1.82) is 0 Å². The molecular formula is C20H31FN4O2. The second kappa shape index (κ2) is 9.58. The summed E-state index contributed by atoms with van der Waals surface area (Å²) in [5, 5.41) is 6.43. The summed E-state index contributed by atoms with van der Waals surface area (Å²) in [6.45, 7) is 8.16. The van der Waals surface area contributed by atoms with Crippen LogP contribution >= 0.6 is 0 Å². The van der Waals surface area contributed by atoms with E-state index >= 15 is 0 Å². The van der Waals surface area contributed by atoms with Crippen LogP contribution in [0.25, 0.3) is 0 Å². The molecule has 150 valence electrons. The summed E-state index contributed by atoms with van der Waals surface area (Å²) in [6, 6.07) is 6.69. The van der Waals surface area contributed by atoms with E-state index in [2.05, 4.69) is 15.6 Å². The van der Waals surface area contributed by atoms with Crippen LogP contribution in [0.2, 0.25) is 0 Å². The van der Waals surface area contributed by atoms with Gasteiger partial charge >= 0.3 is 6.09 Å². The summed E-state index contributed by atoms with van der Waals surface area (Å²) in [4.78, 5) is 18.1. The minimum absolute atomic E-state index is 0.227. The number of likely N-dealkylation sites (tertiary alicyclic amines) is 1. The summed E-state index contributed by atoms with van der Waals surface area (Å²) < 4.78 is 19.1. The molecular weight excluding hydrogens is 347 g/mol. The molecule has 0 atom stereocenters. The first-order valence-electron chi connectivity index (χ1n) is 9.44. The lowest BCUT2D eigenvalue weighted by atomic mass is 9.97. The van der Waals surface area contributed by atoms with Gasteiger partial charge in [-0.05, 0) is 45.6 Å². The predicted molar refractivity (Wildman–Crippen MR) is 105 cm³/mol. The van der Waals surface area contributed by atoms with Crippen molar-refractivity contribution in [3.63, 3.8) is 0 Å². The molecule has 1 amide bonds. The Hall–Kier alpha value is -2.31. The van der Waals surface area contributed by atoms with E-state index in [1.54, 1.807) is 24.1 Å². The van der Waals surface area contributed by atoms with Gasteiger partial charge in [0.15, 0.2) is 5.96 Å². The van der Waals surface area contributed by atoms with Gasteiger partial charge in [0, 0.05) is 38.8 Å². The molecule has 7 heteroatoms. The number of guanidine groups is 1. The average molecular weight is 378 g/mol. The first-order valence-corrected chi connectivity index (χ1v) is 9.44. The number of amides is 1. The molecule has 0 radical (unpaired) electrons. The highest BCUT2D eigenvalue weighted by atomic mass is 19.1. The van der Waals surface area contributed by atoms with Crippen molar-refractivity contribution in [2.45, 2.75) is 45.8 Å². The van der Waals surface area contributed by atoms with Gasteiger partial charge in [-0.2, -0.15) is 0 Å². The van der Waals surface area contributed by atoms with Crippen LogP contribution in [-0.4, -0.2) is 49.2 Å². The molecule has 0 unspecified atom stereocenters. The largest absolute Gasteiger partial charge is 0.444 e. The Morgan fingerprint density at radius 3 is 2.52 bits per heavy atom. The number of nitrogens with zero attached hydrogens (tertiary/aromatic N) is 2. The maximum Gasteiger partial charge on any atom is 0.410 e. The minimum atomic E-state index is -0.466. The summed E-state index contributed by atoms with van der Waals surface area (Å²) in [7, 11) is 1.70. The van der Waals surface area contributed by atoms with Gasteiger partial charge in [-0.15, -0.1) is 0 Å². The second-order valence-electron chi connectivity index (χ2n) is 7.81. The van der Waals surface area contributed by atoms with E-state index in [0.717, 1.165) is 19.4 Å². The van der Waals surface area contributed by atoms with Crippen molar-refractivity contribution in [1.82, 2.24) is 15.5 Å². The fourth-order valence-corrected chi connectivity index (χ4v) is 2.93. The second-order valence-corrected chi connectivity index (χ2v) is 7.81. The van der Waals surface area contributed by atoms with Crippen molar-refractivity contribution in [3.05, 3.63) is 35.6 Å². The van der Waals surface area contributed by atoms with Crippen LogP contribution in [0.3, 0.4) is 0 Å². The summed E-state index contributed by atoms with van der Waals surface area (Å²) in [5.74, 6) is 0.874. The molecule has 1 aliphatic rings. The summed E-state index contributed by atoms with van der Waals surface area (Å²) in [5.41, 5.74) is 0.136. The number of hydrogen-bond acceptors (Lipinski definition) is 3. The van der Waals surface area contributed by atoms with Crippen molar-refractivity contribution in [2.24, 2.45) is 10.9 Å². The Kier molecular flexibility index (Phi) is 7.45. The van der Waals surface area contributed by atoms with Crippen LogP contribution < -0.4 is 10.6 Å². The van der Waals surface area contributed by atoms with Crippen LogP contribution in [0.4, 0.5) is 9.18 Å². The maximum atomic E-state index is 13.7. The average Bonchev–Trinajstić information content (AvgIpc) is 2.62. The Balaban J connectivity index is 1.72. The van der Waals surface area contributed by atoms with Gasteiger partial charge in [0.1, 0.15) is 11.4 Å². The maximum absolute atomic E-state index is 13.7. The Morgan fingerprint density at radius 1 is 1.26 bits per heavy atom. The van der Waals surface area contributed by atoms with Gasteiger partial charge in [-0.25, -0.2) is 9.18 Å². The minimum Gasteiger partial charge on any atom is -0.444 e. The van der Waals surface area contributed by atoms with Gasteiger partial charge in [-0.1, -0.05) is 18.2 Å². The SMILES string of the molecule is CN=C(NCc1ccccc1F)NCC1CCN(C(=O)OC(C)(C)C)CC1. The fraction of sp³-hybridized carbons (Fsp3) is 0.600. The number of carbonyl (C=O) groups is 1. The third-order valence-corrected chi connectivity index (χ3v) is 4.45. The van der Waals surface area contributed by atoms with E-state index in [9.17, 15) is 9.18 Å². The zero-order valence-corrected chi connectivity index (χ0v) is 16.7. The van der Waals surface area contributed by atoms with Crippen LogP contribution in [0, 0.1) is 11.7 Å². The van der Waals surface area contributed by atoms with Crippen molar-refractivity contribution >= 4 is 12.1 Å². The highest BCUT2D eigenvalue weighted by Crippen LogP contribution is 2.19. The van der Waals surface area contributed by atoms with E-state index in [1.807, 2.05) is 26.8 Å². The van der Waals surface area contributed by atoms with Gasteiger partial charge in [0.05, 0.1) is 0 Å². The number of carbonyl (C=O) groups excluding carboxylic acids is 1. The third kappa shape index (κ3) is 7.07. The molecule has 1 fully saturated rings. The quantitative estimate of drug-likeness (QED) is 0.624. The van der Waals surface area contributed by atoms with Crippen LogP contribution in [0.15, 0.2) is 29.3 Å². The van der Waals surface area contributed by atoms with E-state index in [-0.39, 0.29) is 11.9 Å². The zero-order chi connectivity index (χ0) is 19.9. The number of ether oxygens (including phenoxy) is 1. The van der Waals surface area contributed by atoms with E-state index in [1.165, 1.54) is 6.07 Å². The number of nitrogens with one attached hydrogen (secondary N) is 2. The monoisotopic (exact) mass is 378 g/mol. The standard InChI is InChI=1S/C20H31FN4O2/c1-20(2,3)27-19(26)25-11-9-15(10-12-25)13-23-18(22-4)24-14-16-7-5-6-8-17(16)21/h5-8,15H,9-14H2,1-4H3,(H2,22,23,24). The van der Waals surface area contributed by atoms with Crippen LogP contribution in [-0.2, 0) is 11.3 Å². The zero-order valence-electron chi connectivity index (χ0n) is 16.7. The van der Waals surface area contributed by atoms with Gasteiger partial charge in [0.25, 0.3) is 0 Å². The van der Waals surface area contributed by atoms with Crippen LogP contribution in [0.5, 0.6) is 0 Å². The Morgan fingerprint density at radius 2 is 1.93 bits per heavy atom. The molecule has 0 aliphatic carbocycles. The van der Waals surface area contributed by atoms with Crippen molar-refractivity contribution < 1.29 is 13.9 Å². The molecule has 0 spiro atoms. The lowest BCUT2D eigenvalue weighted by Gasteiger charge is -2.33. The number of benzene rings is 1. The van der Waals surface area contributed by atoms with Gasteiger partial charge < -0.3 is 20.3 Å². The van der Waals surface area contributed by atoms with E-state index < -0.39 is 5.60 Å². The number of rotatable bonds is 4. The molecule has 1 aromatic carbocycles. The molecule has 0 aromatic heterocycles. The molecule has 2 N–H and O–H groups in total. The molecule has 1 saturated heterocycles. The molecule has 2 rings (SSSR count).